The van der Waals surface area contributed by atoms with Crippen LogP contribution in [0.3, 0.4) is 0 Å². The molecule has 1 amide bonds. The van der Waals surface area contributed by atoms with Gasteiger partial charge in [-0.1, -0.05) is 38.1 Å². The molecule has 1 N–H and O–H groups in total. The minimum Gasteiger partial charge on any atom is -0.481 e. The van der Waals surface area contributed by atoms with Crippen LogP contribution in [0.4, 0.5) is 14.5 Å². The Labute approximate surface area is 197 Å². The molecule has 0 radical (unpaired) electrons. The molecule has 1 aliphatic heterocycles. The van der Waals surface area contributed by atoms with Crippen LogP contribution in [0.15, 0.2) is 36.4 Å². The van der Waals surface area contributed by atoms with Gasteiger partial charge >= 0.3 is 6.61 Å². The maximum absolute atomic E-state index is 14.0. The predicted octanol–water partition coefficient (Wildman–Crippen LogP) is 5.01. The molecule has 7 nitrogen and oxygen atoms in total. The van der Waals surface area contributed by atoms with E-state index in [1.165, 1.54) is 19.2 Å². The Balaban J connectivity index is 1.71. The Hall–Kier alpha value is -2.78. The zero-order valence-electron chi connectivity index (χ0n) is 19.6. The van der Waals surface area contributed by atoms with E-state index in [1.807, 2.05) is 24.3 Å². The van der Waals surface area contributed by atoms with Crippen molar-refractivity contribution in [2.75, 3.05) is 25.6 Å². The monoisotopic (exact) mass is 476 g/mol. The quantitative estimate of drug-likeness (QED) is 0.605. The number of carbonyl (C=O) groups is 1. The molecule has 2 heterocycles. The second kappa shape index (κ2) is 9.84. The van der Waals surface area contributed by atoms with Crippen molar-refractivity contribution >= 4 is 11.6 Å². The Morgan fingerprint density at radius 3 is 2.35 bits per heavy atom. The first-order chi connectivity index (χ1) is 16.3. The van der Waals surface area contributed by atoms with Crippen molar-refractivity contribution in [3.05, 3.63) is 47.5 Å². The van der Waals surface area contributed by atoms with Gasteiger partial charge < -0.3 is 24.3 Å². The maximum atomic E-state index is 14.0. The minimum atomic E-state index is -3.10. The summed E-state index contributed by atoms with van der Waals surface area (Å²) in [5.41, 5.74) is 1.15. The SMILES string of the molecule is COc1ccc(NC(=O)C2(c3ccccc3C(C)C)CCC3(CC2)OCCO3)c(OC(F)F)n1. The third kappa shape index (κ3) is 4.72. The summed E-state index contributed by atoms with van der Waals surface area (Å²) in [4.78, 5) is 17.9. The summed E-state index contributed by atoms with van der Waals surface area (Å²) in [6.07, 6.45) is 2.07. The van der Waals surface area contributed by atoms with E-state index < -0.39 is 23.7 Å². The van der Waals surface area contributed by atoms with Crippen molar-refractivity contribution in [3.8, 4) is 11.8 Å². The van der Waals surface area contributed by atoms with Crippen molar-refractivity contribution in [1.29, 1.82) is 0 Å². The molecule has 9 heteroatoms. The number of anilines is 1. The van der Waals surface area contributed by atoms with Gasteiger partial charge in [0.25, 0.3) is 0 Å². The summed E-state index contributed by atoms with van der Waals surface area (Å²) in [7, 11) is 1.37. The number of nitrogens with one attached hydrogen (secondary N) is 1. The van der Waals surface area contributed by atoms with Gasteiger partial charge in [0.1, 0.15) is 5.69 Å². The first-order valence-corrected chi connectivity index (χ1v) is 11.5. The van der Waals surface area contributed by atoms with Crippen LogP contribution >= 0.6 is 0 Å². The van der Waals surface area contributed by atoms with Crippen LogP contribution in [0, 0.1) is 0 Å². The van der Waals surface area contributed by atoms with Crippen LogP contribution in [-0.2, 0) is 19.7 Å². The molecule has 1 aliphatic carbocycles. The number of nitrogens with zero attached hydrogens (tertiary/aromatic N) is 1. The number of alkyl halides is 2. The summed E-state index contributed by atoms with van der Waals surface area (Å²) >= 11 is 0. The van der Waals surface area contributed by atoms with Crippen molar-refractivity contribution in [3.63, 3.8) is 0 Å². The molecule has 1 aromatic carbocycles. The fourth-order valence-electron chi connectivity index (χ4n) is 4.95. The number of halogens is 2. The molecule has 4 rings (SSSR count). The van der Waals surface area contributed by atoms with Crippen molar-refractivity contribution in [1.82, 2.24) is 4.98 Å². The average molecular weight is 477 g/mol. The molecule has 0 bridgehead atoms. The van der Waals surface area contributed by atoms with Gasteiger partial charge in [0, 0.05) is 18.9 Å². The van der Waals surface area contributed by atoms with E-state index in [1.54, 1.807) is 0 Å². The number of amides is 1. The molecule has 34 heavy (non-hydrogen) atoms. The Morgan fingerprint density at radius 1 is 1.06 bits per heavy atom. The summed E-state index contributed by atoms with van der Waals surface area (Å²) in [5, 5.41) is 2.82. The maximum Gasteiger partial charge on any atom is 0.388 e. The van der Waals surface area contributed by atoms with Crippen molar-refractivity contribution < 1.29 is 32.5 Å². The third-order valence-electron chi connectivity index (χ3n) is 6.70. The third-order valence-corrected chi connectivity index (χ3v) is 6.70. The first-order valence-electron chi connectivity index (χ1n) is 11.5. The van der Waals surface area contributed by atoms with Gasteiger partial charge in [-0.15, -0.1) is 0 Å². The highest BCUT2D eigenvalue weighted by atomic mass is 19.3. The second-order valence-electron chi connectivity index (χ2n) is 8.97. The zero-order chi connectivity index (χ0) is 24.3. The lowest BCUT2D eigenvalue weighted by Crippen LogP contribution is -2.49. The van der Waals surface area contributed by atoms with Crippen LogP contribution < -0.4 is 14.8 Å². The smallest absolute Gasteiger partial charge is 0.388 e. The second-order valence-corrected chi connectivity index (χ2v) is 8.97. The number of hydrogen-bond donors (Lipinski definition) is 1. The van der Waals surface area contributed by atoms with E-state index >= 15 is 0 Å². The standard InChI is InChI=1S/C25H30F2N2O5/c1-16(2)17-6-4-5-7-18(17)24(10-12-25(13-11-24)32-14-15-33-25)22(30)28-19-8-9-20(31-3)29-21(19)34-23(26)27/h4-9,16,23H,10-15H2,1-3H3,(H,28,30). The van der Waals surface area contributed by atoms with E-state index in [-0.39, 0.29) is 23.4 Å². The predicted molar refractivity (Wildman–Crippen MR) is 121 cm³/mol. The average Bonchev–Trinajstić information content (AvgIpc) is 3.28. The van der Waals surface area contributed by atoms with Crippen molar-refractivity contribution in [2.45, 2.75) is 63.3 Å². The molecule has 1 aromatic heterocycles. The minimum absolute atomic E-state index is 0.0566. The summed E-state index contributed by atoms with van der Waals surface area (Å²) in [6, 6.07) is 10.8. The number of benzene rings is 1. The normalized spacial score (nSPS) is 18.9. The molecular formula is C25H30F2N2O5. The Kier molecular flexibility index (Phi) is 7.04. The van der Waals surface area contributed by atoms with Gasteiger partial charge in [0.2, 0.25) is 17.7 Å². The molecular weight excluding hydrogens is 446 g/mol. The molecule has 0 atom stereocenters. The number of ether oxygens (including phenoxy) is 4. The summed E-state index contributed by atoms with van der Waals surface area (Å²) in [6.45, 7) is 2.14. The van der Waals surface area contributed by atoms with Crippen LogP contribution in [0.1, 0.15) is 56.6 Å². The molecule has 2 aliphatic rings. The van der Waals surface area contributed by atoms with E-state index in [0.29, 0.717) is 38.9 Å². The largest absolute Gasteiger partial charge is 0.481 e. The highest BCUT2D eigenvalue weighted by Crippen LogP contribution is 2.49. The van der Waals surface area contributed by atoms with E-state index in [9.17, 15) is 13.6 Å². The molecule has 1 spiro atoms. The molecule has 1 saturated carbocycles. The van der Waals surface area contributed by atoms with Gasteiger partial charge in [-0.05, 0) is 36.0 Å². The first kappa shape index (κ1) is 24.3. The van der Waals surface area contributed by atoms with Gasteiger partial charge in [-0.3, -0.25) is 4.79 Å². The molecule has 1 saturated heterocycles. The van der Waals surface area contributed by atoms with Crippen LogP contribution in [0.2, 0.25) is 0 Å². The summed E-state index contributed by atoms with van der Waals surface area (Å²) < 4.78 is 47.5. The van der Waals surface area contributed by atoms with Crippen LogP contribution in [0.25, 0.3) is 0 Å². The Bertz CT molecular complexity index is 1010. The fraction of sp³-hybridized carbons (Fsp3) is 0.520. The van der Waals surface area contributed by atoms with Crippen molar-refractivity contribution in [2.24, 2.45) is 0 Å². The molecule has 0 unspecified atom stereocenters. The van der Waals surface area contributed by atoms with Crippen LogP contribution in [-0.4, -0.2) is 43.6 Å². The topological polar surface area (TPSA) is 78.9 Å². The number of rotatable bonds is 7. The lowest BCUT2D eigenvalue weighted by atomic mass is 9.65. The number of carbonyl (C=O) groups excluding carboxylic acids is 1. The number of pyridine rings is 1. The Morgan fingerprint density at radius 2 is 1.74 bits per heavy atom. The molecule has 184 valence electrons. The lowest BCUT2D eigenvalue weighted by molar-refractivity contribution is -0.185. The highest BCUT2D eigenvalue weighted by molar-refractivity contribution is 6.00. The van der Waals surface area contributed by atoms with Crippen LogP contribution in [0.5, 0.6) is 11.8 Å². The number of methoxy groups -OCH3 is 1. The molecule has 2 fully saturated rings. The van der Waals surface area contributed by atoms with E-state index in [2.05, 4.69) is 28.9 Å². The highest BCUT2D eigenvalue weighted by Gasteiger charge is 2.51. The van der Waals surface area contributed by atoms with Gasteiger partial charge in [-0.25, -0.2) is 0 Å². The summed E-state index contributed by atoms with van der Waals surface area (Å²) in [5.74, 6) is -1.08. The van der Waals surface area contributed by atoms with Gasteiger partial charge in [0.15, 0.2) is 5.79 Å². The number of aromatic nitrogens is 1. The van der Waals surface area contributed by atoms with Gasteiger partial charge in [-0.2, -0.15) is 13.8 Å². The van der Waals surface area contributed by atoms with Gasteiger partial charge in [0.05, 0.1) is 25.7 Å². The van der Waals surface area contributed by atoms with E-state index in [4.69, 9.17) is 14.2 Å². The molecule has 2 aromatic rings. The lowest BCUT2D eigenvalue weighted by Gasteiger charge is -2.44. The number of hydrogen-bond acceptors (Lipinski definition) is 6. The fourth-order valence-corrected chi connectivity index (χ4v) is 4.95. The zero-order valence-corrected chi connectivity index (χ0v) is 19.6. The van der Waals surface area contributed by atoms with E-state index in [0.717, 1.165) is 11.1 Å².